The summed E-state index contributed by atoms with van der Waals surface area (Å²) in [6.07, 6.45) is 1.60. The third kappa shape index (κ3) is 3.93. The van der Waals surface area contributed by atoms with Gasteiger partial charge in [-0.3, -0.25) is 0 Å². The van der Waals surface area contributed by atoms with Gasteiger partial charge in [-0.1, -0.05) is 38.1 Å². The summed E-state index contributed by atoms with van der Waals surface area (Å²) < 4.78 is 0. The van der Waals surface area contributed by atoms with E-state index in [-0.39, 0.29) is 0 Å². The van der Waals surface area contributed by atoms with Crippen LogP contribution in [0.3, 0.4) is 0 Å². The molecule has 100 valence electrons. The molecule has 1 aromatic heterocycles. The lowest BCUT2D eigenvalue weighted by Gasteiger charge is -2.09. The van der Waals surface area contributed by atoms with Crippen LogP contribution in [0.4, 0.5) is 5.82 Å². The van der Waals surface area contributed by atoms with Crippen molar-refractivity contribution >= 4 is 17.4 Å². The van der Waals surface area contributed by atoms with Gasteiger partial charge in [0.05, 0.1) is 0 Å². The summed E-state index contributed by atoms with van der Waals surface area (Å²) in [5.41, 5.74) is 3.38. The number of rotatable bonds is 5. The van der Waals surface area contributed by atoms with Crippen LogP contribution in [-0.2, 0) is 12.4 Å². The highest BCUT2D eigenvalue weighted by atomic mass is 35.5. The molecule has 0 saturated heterocycles. The lowest BCUT2D eigenvalue weighted by molar-refractivity contribution is 0.814. The number of alkyl halides is 1. The van der Waals surface area contributed by atoms with Crippen molar-refractivity contribution in [2.75, 3.05) is 5.32 Å². The molecule has 0 aliphatic heterocycles. The molecule has 0 unspecified atom stereocenters. The van der Waals surface area contributed by atoms with Crippen LogP contribution in [0, 0.1) is 0 Å². The van der Waals surface area contributed by atoms with Gasteiger partial charge in [0.25, 0.3) is 0 Å². The summed E-state index contributed by atoms with van der Waals surface area (Å²) in [4.78, 5) is 8.48. The van der Waals surface area contributed by atoms with Crippen LogP contribution in [0.25, 0.3) is 0 Å². The van der Waals surface area contributed by atoms with Crippen molar-refractivity contribution in [3.63, 3.8) is 0 Å². The molecule has 19 heavy (non-hydrogen) atoms. The highest BCUT2D eigenvalue weighted by Crippen LogP contribution is 2.15. The number of nitrogens with one attached hydrogen (secondary N) is 1. The van der Waals surface area contributed by atoms with Crippen molar-refractivity contribution in [2.24, 2.45) is 0 Å². The molecule has 2 rings (SSSR count). The molecule has 0 saturated carbocycles. The predicted octanol–water partition coefficient (Wildman–Crippen LogP) is 3.95. The fourth-order valence-electron chi connectivity index (χ4n) is 1.80. The van der Waals surface area contributed by atoms with Crippen molar-refractivity contribution < 1.29 is 0 Å². The Balaban J connectivity index is 2.03. The van der Waals surface area contributed by atoms with Crippen molar-refractivity contribution in [3.05, 3.63) is 53.5 Å². The van der Waals surface area contributed by atoms with Crippen LogP contribution in [0.1, 0.15) is 36.6 Å². The van der Waals surface area contributed by atoms with E-state index in [4.69, 9.17) is 11.6 Å². The number of aromatic nitrogens is 2. The van der Waals surface area contributed by atoms with Gasteiger partial charge in [-0.2, -0.15) is 0 Å². The number of halogens is 1. The number of hydrogen-bond acceptors (Lipinski definition) is 3. The van der Waals surface area contributed by atoms with Crippen molar-refractivity contribution in [2.45, 2.75) is 32.2 Å². The minimum Gasteiger partial charge on any atom is -0.366 e. The number of nitrogens with zero attached hydrogens (tertiary/aromatic N) is 2. The first-order valence-corrected chi connectivity index (χ1v) is 6.92. The molecular formula is C15H18ClN3. The third-order valence-corrected chi connectivity index (χ3v) is 3.21. The number of benzene rings is 1. The Morgan fingerprint density at radius 3 is 2.68 bits per heavy atom. The molecule has 0 fully saturated rings. The fraction of sp³-hybridized carbons (Fsp3) is 0.333. The zero-order valence-electron chi connectivity index (χ0n) is 11.2. The van der Waals surface area contributed by atoms with E-state index in [0.29, 0.717) is 11.8 Å². The Kier molecular flexibility index (Phi) is 4.74. The third-order valence-electron chi connectivity index (χ3n) is 2.90. The van der Waals surface area contributed by atoms with Gasteiger partial charge in [0, 0.05) is 24.2 Å². The molecule has 4 heteroatoms. The zero-order chi connectivity index (χ0) is 13.7. The SMILES string of the molecule is CC(C)c1cc(NCc2cccc(CCl)c2)ncn1. The molecule has 0 radical (unpaired) electrons. The number of hydrogen-bond donors (Lipinski definition) is 1. The number of anilines is 1. The quantitative estimate of drug-likeness (QED) is 0.840. The molecule has 2 aromatic rings. The van der Waals surface area contributed by atoms with Gasteiger partial charge in [-0.05, 0) is 17.0 Å². The van der Waals surface area contributed by atoms with Gasteiger partial charge in [0.1, 0.15) is 12.1 Å². The van der Waals surface area contributed by atoms with E-state index >= 15 is 0 Å². The topological polar surface area (TPSA) is 37.8 Å². The van der Waals surface area contributed by atoms with Gasteiger partial charge in [0.2, 0.25) is 0 Å². The summed E-state index contributed by atoms with van der Waals surface area (Å²) in [6.45, 7) is 4.98. The molecule has 3 nitrogen and oxygen atoms in total. The minimum atomic E-state index is 0.406. The van der Waals surface area contributed by atoms with E-state index in [1.165, 1.54) is 5.56 Å². The molecule has 0 spiro atoms. The van der Waals surface area contributed by atoms with Crippen molar-refractivity contribution in [1.82, 2.24) is 9.97 Å². The van der Waals surface area contributed by atoms with Gasteiger partial charge in [-0.15, -0.1) is 11.6 Å². The Morgan fingerprint density at radius 1 is 1.16 bits per heavy atom. The zero-order valence-corrected chi connectivity index (χ0v) is 12.0. The largest absolute Gasteiger partial charge is 0.366 e. The molecule has 1 heterocycles. The Morgan fingerprint density at radius 2 is 1.95 bits per heavy atom. The monoisotopic (exact) mass is 275 g/mol. The van der Waals surface area contributed by atoms with E-state index in [1.807, 2.05) is 18.2 Å². The maximum atomic E-state index is 5.83. The van der Waals surface area contributed by atoms with Crippen LogP contribution in [-0.4, -0.2) is 9.97 Å². The first-order valence-electron chi connectivity index (χ1n) is 6.38. The van der Waals surface area contributed by atoms with E-state index in [2.05, 4.69) is 41.3 Å². The van der Waals surface area contributed by atoms with Gasteiger partial charge < -0.3 is 5.32 Å². The average Bonchev–Trinajstić information content (AvgIpc) is 2.45. The maximum Gasteiger partial charge on any atom is 0.129 e. The molecule has 0 aliphatic rings. The smallest absolute Gasteiger partial charge is 0.129 e. The fourth-order valence-corrected chi connectivity index (χ4v) is 1.97. The Hall–Kier alpha value is -1.61. The van der Waals surface area contributed by atoms with E-state index < -0.39 is 0 Å². The highest BCUT2D eigenvalue weighted by molar-refractivity contribution is 6.17. The van der Waals surface area contributed by atoms with Crippen LogP contribution < -0.4 is 5.32 Å². The highest BCUT2D eigenvalue weighted by Gasteiger charge is 2.03. The second-order valence-electron chi connectivity index (χ2n) is 4.79. The minimum absolute atomic E-state index is 0.406. The van der Waals surface area contributed by atoms with Crippen molar-refractivity contribution in [1.29, 1.82) is 0 Å². The van der Waals surface area contributed by atoms with Crippen LogP contribution >= 0.6 is 11.6 Å². The lowest BCUT2D eigenvalue weighted by Crippen LogP contribution is -2.03. The predicted molar refractivity (Wildman–Crippen MR) is 79.4 cm³/mol. The second-order valence-corrected chi connectivity index (χ2v) is 5.06. The van der Waals surface area contributed by atoms with E-state index in [1.54, 1.807) is 6.33 Å². The summed E-state index contributed by atoms with van der Waals surface area (Å²) in [7, 11) is 0. The lowest BCUT2D eigenvalue weighted by atomic mass is 10.1. The molecule has 0 atom stereocenters. The normalized spacial score (nSPS) is 10.7. The molecule has 1 N–H and O–H groups in total. The van der Waals surface area contributed by atoms with Gasteiger partial charge >= 0.3 is 0 Å². The maximum absolute atomic E-state index is 5.83. The Labute approximate surface area is 119 Å². The van der Waals surface area contributed by atoms with Crippen molar-refractivity contribution in [3.8, 4) is 0 Å². The van der Waals surface area contributed by atoms with E-state index in [9.17, 15) is 0 Å². The van der Waals surface area contributed by atoms with Gasteiger partial charge in [-0.25, -0.2) is 9.97 Å². The first-order chi connectivity index (χ1) is 9.19. The average molecular weight is 276 g/mol. The molecule has 1 aromatic carbocycles. The van der Waals surface area contributed by atoms with Crippen LogP contribution in [0.2, 0.25) is 0 Å². The Bertz CT molecular complexity index is 540. The van der Waals surface area contributed by atoms with E-state index in [0.717, 1.165) is 23.6 Å². The van der Waals surface area contributed by atoms with Gasteiger partial charge in [0.15, 0.2) is 0 Å². The summed E-state index contributed by atoms with van der Waals surface area (Å²) >= 11 is 5.83. The molecule has 0 bridgehead atoms. The summed E-state index contributed by atoms with van der Waals surface area (Å²) in [6, 6.07) is 10.2. The van der Waals surface area contributed by atoms with Crippen LogP contribution in [0.5, 0.6) is 0 Å². The second kappa shape index (κ2) is 6.53. The summed E-state index contributed by atoms with van der Waals surface area (Å²) in [5.74, 6) is 1.80. The molecular weight excluding hydrogens is 258 g/mol. The standard InChI is InChI=1S/C15H18ClN3/c1-11(2)14-7-15(19-10-18-14)17-9-13-5-3-4-12(6-13)8-16/h3-7,10-11H,8-9H2,1-2H3,(H,17,18,19). The first kappa shape index (κ1) is 13.8. The molecule has 0 amide bonds. The molecule has 0 aliphatic carbocycles. The van der Waals surface area contributed by atoms with Crippen LogP contribution in [0.15, 0.2) is 36.7 Å². The summed E-state index contributed by atoms with van der Waals surface area (Å²) in [5, 5.41) is 3.31.